The maximum Gasteiger partial charge on any atom is 0.178 e. The number of thiazole rings is 1. The van der Waals surface area contributed by atoms with Gasteiger partial charge in [-0.3, -0.25) is 4.79 Å². The summed E-state index contributed by atoms with van der Waals surface area (Å²) in [6.45, 7) is 4.58. The Kier molecular flexibility index (Phi) is 5.12. The van der Waals surface area contributed by atoms with Crippen LogP contribution in [0.2, 0.25) is 0 Å². The highest BCUT2D eigenvalue weighted by molar-refractivity contribution is 7.09. The highest BCUT2D eigenvalue weighted by Gasteiger charge is 2.07. The first-order valence-electron chi connectivity index (χ1n) is 6.50. The molecule has 0 radical (unpaired) electrons. The molecule has 2 aromatic rings. The topological polar surface area (TPSA) is 48.4 Å². The van der Waals surface area contributed by atoms with E-state index in [1.54, 1.807) is 5.38 Å². The van der Waals surface area contributed by atoms with Crippen LogP contribution in [0.15, 0.2) is 29.6 Å². The van der Waals surface area contributed by atoms with E-state index in [1.807, 2.05) is 31.2 Å². The number of ether oxygens (including phenoxy) is 2. The second-order valence-electron chi connectivity index (χ2n) is 4.16. The van der Waals surface area contributed by atoms with Gasteiger partial charge in [0, 0.05) is 18.7 Å². The van der Waals surface area contributed by atoms with Crippen LogP contribution in [0.4, 0.5) is 0 Å². The van der Waals surface area contributed by atoms with Gasteiger partial charge in [-0.25, -0.2) is 4.98 Å². The number of carbonyl (C=O) groups excluding carboxylic acids is 1. The number of Topliss-reactive ketones (excluding diaryl/α,β-unsaturated/α-hetero) is 1. The number of hydrogen-bond donors (Lipinski definition) is 0. The molecule has 0 amide bonds. The molecule has 0 spiro atoms. The molecular formula is C15H17NO3S. The minimum absolute atomic E-state index is 0.00453. The average Bonchev–Trinajstić information content (AvgIpc) is 2.90. The Morgan fingerprint density at radius 3 is 2.55 bits per heavy atom. The molecule has 1 aromatic carbocycles. The quantitative estimate of drug-likeness (QED) is 0.734. The van der Waals surface area contributed by atoms with Crippen LogP contribution in [0.3, 0.4) is 0 Å². The van der Waals surface area contributed by atoms with Gasteiger partial charge in [0.1, 0.15) is 5.69 Å². The first kappa shape index (κ1) is 14.5. The van der Waals surface area contributed by atoms with E-state index in [-0.39, 0.29) is 5.78 Å². The second-order valence-corrected chi connectivity index (χ2v) is 5.10. The molecule has 5 heteroatoms. The van der Waals surface area contributed by atoms with Crippen molar-refractivity contribution in [1.82, 2.24) is 4.98 Å². The molecule has 0 N–H and O–H groups in total. The van der Waals surface area contributed by atoms with Gasteiger partial charge >= 0.3 is 0 Å². The lowest BCUT2D eigenvalue weighted by Crippen LogP contribution is -2.03. The van der Waals surface area contributed by atoms with E-state index < -0.39 is 0 Å². The van der Waals surface area contributed by atoms with E-state index >= 15 is 0 Å². The number of hydrogen-bond acceptors (Lipinski definition) is 5. The van der Waals surface area contributed by atoms with E-state index in [4.69, 9.17) is 9.47 Å². The van der Waals surface area contributed by atoms with Crippen LogP contribution in [0.25, 0.3) is 0 Å². The van der Waals surface area contributed by atoms with Crippen molar-refractivity contribution in [3.05, 3.63) is 40.3 Å². The van der Waals surface area contributed by atoms with E-state index in [1.165, 1.54) is 18.3 Å². The maximum atomic E-state index is 11.2. The summed E-state index contributed by atoms with van der Waals surface area (Å²) in [7, 11) is 0. The number of ketones is 1. The van der Waals surface area contributed by atoms with Crippen molar-refractivity contribution < 1.29 is 14.3 Å². The zero-order valence-electron chi connectivity index (χ0n) is 11.6. The smallest absolute Gasteiger partial charge is 0.178 e. The molecule has 0 saturated carbocycles. The van der Waals surface area contributed by atoms with Crippen molar-refractivity contribution in [3.8, 4) is 11.5 Å². The number of carbonyl (C=O) groups is 1. The van der Waals surface area contributed by atoms with Gasteiger partial charge in [0.25, 0.3) is 0 Å². The molecule has 106 valence electrons. The van der Waals surface area contributed by atoms with Gasteiger partial charge in [0.2, 0.25) is 0 Å². The Balaban J connectivity index is 1.90. The van der Waals surface area contributed by atoms with Gasteiger partial charge in [0.15, 0.2) is 17.3 Å². The third-order valence-electron chi connectivity index (χ3n) is 2.63. The molecule has 0 atom stereocenters. The van der Waals surface area contributed by atoms with Gasteiger partial charge in [0.05, 0.1) is 18.2 Å². The maximum absolute atomic E-state index is 11.2. The van der Waals surface area contributed by atoms with Crippen LogP contribution in [-0.2, 0) is 6.42 Å². The molecule has 4 nitrogen and oxygen atoms in total. The SMILES string of the molecule is CCOc1ccccc1OCCc1nc(C(C)=O)cs1. The molecule has 0 aliphatic carbocycles. The predicted molar refractivity (Wildman–Crippen MR) is 78.9 cm³/mol. The molecule has 0 fully saturated rings. The molecule has 1 heterocycles. The van der Waals surface area contributed by atoms with Crippen LogP contribution in [0, 0.1) is 0 Å². The Morgan fingerprint density at radius 1 is 1.25 bits per heavy atom. The fourth-order valence-electron chi connectivity index (χ4n) is 1.68. The number of nitrogens with zero attached hydrogens (tertiary/aromatic N) is 1. The Hall–Kier alpha value is -1.88. The lowest BCUT2D eigenvalue weighted by molar-refractivity contribution is 0.101. The fourth-order valence-corrected chi connectivity index (χ4v) is 2.50. The van der Waals surface area contributed by atoms with Crippen LogP contribution in [0.5, 0.6) is 11.5 Å². The van der Waals surface area contributed by atoms with Gasteiger partial charge in [-0.1, -0.05) is 12.1 Å². The largest absolute Gasteiger partial charge is 0.490 e. The van der Waals surface area contributed by atoms with Crippen molar-refractivity contribution in [3.63, 3.8) is 0 Å². The number of rotatable bonds is 7. The highest BCUT2D eigenvalue weighted by atomic mass is 32.1. The third-order valence-corrected chi connectivity index (χ3v) is 3.54. The zero-order valence-corrected chi connectivity index (χ0v) is 12.4. The Morgan fingerprint density at radius 2 is 1.95 bits per heavy atom. The first-order valence-corrected chi connectivity index (χ1v) is 7.38. The summed E-state index contributed by atoms with van der Waals surface area (Å²) in [5.74, 6) is 1.48. The molecule has 20 heavy (non-hydrogen) atoms. The number of para-hydroxylation sites is 2. The van der Waals surface area contributed by atoms with Crippen molar-refractivity contribution in [1.29, 1.82) is 0 Å². The molecule has 0 bridgehead atoms. The summed E-state index contributed by atoms with van der Waals surface area (Å²) >= 11 is 1.48. The summed E-state index contributed by atoms with van der Waals surface area (Å²) in [4.78, 5) is 15.4. The Labute approximate surface area is 122 Å². The average molecular weight is 291 g/mol. The van der Waals surface area contributed by atoms with Gasteiger partial charge in [-0.15, -0.1) is 11.3 Å². The standard InChI is InChI=1S/C15H17NO3S/c1-3-18-13-6-4-5-7-14(13)19-9-8-15-16-12(10-20-15)11(2)17/h4-7,10H,3,8-9H2,1-2H3. The van der Waals surface area contributed by atoms with Crippen molar-refractivity contribution in [2.75, 3.05) is 13.2 Å². The van der Waals surface area contributed by atoms with Crippen molar-refractivity contribution in [2.45, 2.75) is 20.3 Å². The highest BCUT2D eigenvalue weighted by Crippen LogP contribution is 2.26. The summed E-state index contributed by atoms with van der Waals surface area (Å²) in [5.41, 5.74) is 0.528. The Bertz CT molecular complexity index is 580. The fraction of sp³-hybridized carbons (Fsp3) is 0.333. The van der Waals surface area contributed by atoms with Gasteiger partial charge < -0.3 is 9.47 Å². The molecule has 1 aromatic heterocycles. The monoisotopic (exact) mass is 291 g/mol. The molecule has 0 aliphatic rings. The normalized spacial score (nSPS) is 10.3. The van der Waals surface area contributed by atoms with E-state index in [0.29, 0.717) is 25.3 Å². The third kappa shape index (κ3) is 3.81. The minimum Gasteiger partial charge on any atom is -0.490 e. The summed E-state index contributed by atoms with van der Waals surface area (Å²) < 4.78 is 11.2. The van der Waals surface area contributed by atoms with Crippen molar-refractivity contribution in [2.24, 2.45) is 0 Å². The van der Waals surface area contributed by atoms with E-state index in [9.17, 15) is 4.79 Å². The molecule has 0 aliphatic heterocycles. The molecule has 0 unspecified atom stereocenters. The summed E-state index contributed by atoms with van der Waals surface area (Å²) in [5, 5.41) is 2.69. The van der Waals surface area contributed by atoms with E-state index in [0.717, 1.165) is 16.5 Å². The zero-order chi connectivity index (χ0) is 14.4. The molecule has 0 saturated heterocycles. The van der Waals surface area contributed by atoms with E-state index in [2.05, 4.69) is 4.98 Å². The summed E-state index contributed by atoms with van der Waals surface area (Å²) in [6.07, 6.45) is 0.679. The number of aromatic nitrogens is 1. The lowest BCUT2D eigenvalue weighted by Gasteiger charge is -2.10. The van der Waals surface area contributed by atoms with Crippen LogP contribution in [0.1, 0.15) is 29.3 Å². The first-order chi connectivity index (χ1) is 9.70. The van der Waals surface area contributed by atoms with Crippen LogP contribution in [-0.4, -0.2) is 24.0 Å². The predicted octanol–water partition coefficient (Wildman–Crippen LogP) is 3.37. The van der Waals surface area contributed by atoms with Gasteiger partial charge in [-0.2, -0.15) is 0 Å². The summed E-state index contributed by atoms with van der Waals surface area (Å²) in [6, 6.07) is 7.59. The molecular weight excluding hydrogens is 274 g/mol. The lowest BCUT2D eigenvalue weighted by atomic mass is 10.3. The van der Waals surface area contributed by atoms with Gasteiger partial charge in [-0.05, 0) is 19.1 Å². The second kappa shape index (κ2) is 7.05. The number of benzene rings is 1. The van der Waals surface area contributed by atoms with Crippen LogP contribution < -0.4 is 9.47 Å². The van der Waals surface area contributed by atoms with Crippen molar-refractivity contribution >= 4 is 17.1 Å². The van der Waals surface area contributed by atoms with Crippen LogP contribution >= 0.6 is 11.3 Å². The molecule has 2 rings (SSSR count). The minimum atomic E-state index is -0.00453.